The molecule has 3 aromatic rings. The summed E-state index contributed by atoms with van der Waals surface area (Å²) in [5.74, 6) is -0.383. The number of nitrogens with one attached hydrogen (secondary N) is 1. The van der Waals surface area contributed by atoms with Crippen LogP contribution in [0.15, 0.2) is 96.6 Å². The van der Waals surface area contributed by atoms with Crippen LogP contribution in [0.4, 0.5) is 18.9 Å². The third-order valence-corrected chi connectivity index (χ3v) is 6.16. The Morgan fingerprint density at radius 2 is 1.71 bits per heavy atom. The number of carbonyl (C=O) groups excluding carboxylic acids is 1. The van der Waals surface area contributed by atoms with E-state index in [2.05, 4.69) is 11.9 Å². The second kappa shape index (κ2) is 9.96. The summed E-state index contributed by atoms with van der Waals surface area (Å²) in [7, 11) is 0. The van der Waals surface area contributed by atoms with Gasteiger partial charge < -0.3 is 5.32 Å². The summed E-state index contributed by atoms with van der Waals surface area (Å²) in [6, 6.07) is 21.6. The molecule has 1 aliphatic rings. The summed E-state index contributed by atoms with van der Waals surface area (Å²) >= 11 is 6.10. The van der Waals surface area contributed by atoms with Gasteiger partial charge in [0.1, 0.15) is 6.54 Å². The van der Waals surface area contributed by atoms with Gasteiger partial charge in [-0.15, -0.1) is 6.58 Å². The summed E-state index contributed by atoms with van der Waals surface area (Å²) in [5, 5.41) is 9.75. The number of allylic oxidation sites excluding steroid dienone is 1. The molecule has 1 aliphatic heterocycles. The number of rotatable bonds is 7. The highest BCUT2D eigenvalue weighted by Gasteiger charge is 2.44. The summed E-state index contributed by atoms with van der Waals surface area (Å²) in [6.45, 7) is 4.32. The van der Waals surface area contributed by atoms with Crippen LogP contribution in [0.2, 0.25) is 5.02 Å². The molecule has 0 bridgehead atoms. The van der Waals surface area contributed by atoms with Crippen LogP contribution in [-0.4, -0.2) is 29.7 Å². The lowest BCUT2D eigenvalue weighted by atomic mass is 9.72. The maximum Gasteiger partial charge on any atom is 0.416 e. The van der Waals surface area contributed by atoms with E-state index in [0.717, 1.165) is 29.0 Å². The van der Waals surface area contributed by atoms with Crippen molar-refractivity contribution in [2.24, 2.45) is 5.10 Å². The van der Waals surface area contributed by atoms with E-state index in [1.807, 2.05) is 48.5 Å². The minimum Gasteiger partial charge on any atom is -0.324 e. The summed E-state index contributed by atoms with van der Waals surface area (Å²) in [4.78, 5) is 12.8. The fourth-order valence-corrected chi connectivity index (χ4v) is 4.44. The van der Waals surface area contributed by atoms with Crippen molar-refractivity contribution < 1.29 is 18.0 Å². The number of anilines is 1. The standard InChI is InChI=1S/C27H23ClF3N3O/c1-2-16-26(20-6-4-3-5-7-20)18-34(33-25(26)19-8-12-22(28)13-9-19)17-24(35)32-23-14-10-21(11-15-23)27(29,30)31/h2-15H,1,16-18H2,(H,32,35). The summed E-state index contributed by atoms with van der Waals surface area (Å²) in [6.07, 6.45) is -2.00. The Bertz CT molecular complexity index is 1230. The van der Waals surface area contributed by atoms with Crippen molar-refractivity contribution in [2.45, 2.75) is 18.0 Å². The van der Waals surface area contributed by atoms with E-state index in [1.165, 1.54) is 12.1 Å². The number of hydrogen-bond acceptors (Lipinski definition) is 3. The molecule has 1 unspecified atom stereocenters. The van der Waals surface area contributed by atoms with Gasteiger partial charge in [0.05, 0.1) is 23.2 Å². The first-order chi connectivity index (χ1) is 16.7. The van der Waals surface area contributed by atoms with Crippen LogP contribution < -0.4 is 5.32 Å². The van der Waals surface area contributed by atoms with Crippen LogP contribution in [0.25, 0.3) is 0 Å². The van der Waals surface area contributed by atoms with Crippen LogP contribution in [0.1, 0.15) is 23.1 Å². The number of benzene rings is 3. The number of carbonyl (C=O) groups is 1. The number of alkyl halides is 3. The van der Waals surface area contributed by atoms with E-state index in [1.54, 1.807) is 17.1 Å². The van der Waals surface area contributed by atoms with Gasteiger partial charge in [-0.05, 0) is 53.9 Å². The number of hydrogen-bond donors (Lipinski definition) is 1. The molecule has 4 rings (SSSR count). The number of amides is 1. The number of hydrazone groups is 1. The van der Waals surface area contributed by atoms with Crippen molar-refractivity contribution in [3.63, 3.8) is 0 Å². The van der Waals surface area contributed by atoms with Gasteiger partial charge in [0.15, 0.2) is 0 Å². The Kier molecular flexibility index (Phi) is 6.98. The fraction of sp³-hybridized carbons (Fsp3) is 0.185. The van der Waals surface area contributed by atoms with Gasteiger partial charge in [-0.3, -0.25) is 9.80 Å². The lowest BCUT2D eigenvalue weighted by Gasteiger charge is -2.31. The first kappa shape index (κ1) is 24.5. The van der Waals surface area contributed by atoms with Gasteiger partial charge >= 0.3 is 6.18 Å². The second-order valence-electron chi connectivity index (χ2n) is 8.34. The maximum absolute atomic E-state index is 12.8. The molecular weight excluding hydrogens is 475 g/mol. The molecule has 1 heterocycles. The molecule has 0 fully saturated rings. The lowest BCUT2D eigenvalue weighted by Crippen LogP contribution is -2.40. The van der Waals surface area contributed by atoms with Gasteiger partial charge in [-0.1, -0.05) is 60.1 Å². The fourth-order valence-electron chi connectivity index (χ4n) is 4.31. The Labute approximate surface area is 206 Å². The van der Waals surface area contributed by atoms with Gasteiger partial charge in [0.25, 0.3) is 0 Å². The van der Waals surface area contributed by atoms with E-state index < -0.39 is 17.2 Å². The highest BCUT2D eigenvalue weighted by Crippen LogP contribution is 2.39. The largest absolute Gasteiger partial charge is 0.416 e. The maximum atomic E-state index is 12.8. The lowest BCUT2D eigenvalue weighted by molar-refractivity contribution is -0.137. The molecular formula is C27H23ClF3N3O. The number of nitrogens with zero attached hydrogens (tertiary/aromatic N) is 2. The first-order valence-electron chi connectivity index (χ1n) is 10.9. The molecule has 180 valence electrons. The predicted octanol–water partition coefficient (Wildman–Crippen LogP) is 6.53. The molecule has 0 aromatic heterocycles. The van der Waals surface area contributed by atoms with Crippen molar-refractivity contribution in [1.82, 2.24) is 5.01 Å². The second-order valence-corrected chi connectivity index (χ2v) is 8.78. The average Bonchev–Trinajstić information content (AvgIpc) is 3.19. The van der Waals surface area contributed by atoms with E-state index in [-0.39, 0.29) is 18.1 Å². The molecule has 1 atom stereocenters. The van der Waals surface area contributed by atoms with Crippen molar-refractivity contribution in [3.05, 3.63) is 113 Å². The molecule has 0 saturated heterocycles. The third kappa shape index (κ3) is 5.41. The Hall–Kier alpha value is -3.58. The van der Waals surface area contributed by atoms with Gasteiger partial charge in [-0.25, -0.2) is 0 Å². The van der Waals surface area contributed by atoms with Crippen LogP contribution in [-0.2, 0) is 16.4 Å². The van der Waals surface area contributed by atoms with Crippen molar-refractivity contribution in [3.8, 4) is 0 Å². The minimum absolute atomic E-state index is 0.0656. The summed E-state index contributed by atoms with van der Waals surface area (Å²) < 4.78 is 38.4. The molecule has 8 heteroatoms. The highest BCUT2D eigenvalue weighted by atomic mass is 35.5. The smallest absolute Gasteiger partial charge is 0.324 e. The molecule has 0 saturated carbocycles. The van der Waals surface area contributed by atoms with Gasteiger partial charge in [-0.2, -0.15) is 18.3 Å². The summed E-state index contributed by atoms with van der Waals surface area (Å²) in [5.41, 5.74) is 1.69. The quantitative estimate of drug-likeness (QED) is 0.377. The van der Waals surface area contributed by atoms with E-state index in [4.69, 9.17) is 16.7 Å². The number of halogens is 4. The van der Waals surface area contributed by atoms with Crippen molar-refractivity contribution in [1.29, 1.82) is 0 Å². The van der Waals surface area contributed by atoms with Crippen LogP contribution in [0.3, 0.4) is 0 Å². The Morgan fingerprint density at radius 1 is 1.06 bits per heavy atom. The molecule has 0 spiro atoms. The first-order valence-corrected chi connectivity index (χ1v) is 11.3. The van der Waals surface area contributed by atoms with Crippen LogP contribution >= 0.6 is 11.6 Å². The molecule has 35 heavy (non-hydrogen) atoms. The molecule has 0 radical (unpaired) electrons. The van der Waals surface area contributed by atoms with Gasteiger partial charge in [0.2, 0.25) is 5.91 Å². The molecule has 3 aromatic carbocycles. The van der Waals surface area contributed by atoms with Crippen LogP contribution in [0.5, 0.6) is 0 Å². The molecule has 0 aliphatic carbocycles. The van der Waals surface area contributed by atoms with Gasteiger partial charge in [0, 0.05) is 10.7 Å². The Balaban J connectivity index is 1.60. The van der Waals surface area contributed by atoms with Crippen LogP contribution in [0, 0.1) is 0 Å². The monoisotopic (exact) mass is 497 g/mol. The normalized spacial score (nSPS) is 17.7. The molecule has 1 amide bonds. The predicted molar refractivity (Wildman–Crippen MR) is 133 cm³/mol. The van der Waals surface area contributed by atoms with E-state index in [9.17, 15) is 18.0 Å². The Morgan fingerprint density at radius 3 is 2.31 bits per heavy atom. The zero-order chi connectivity index (χ0) is 25.1. The highest BCUT2D eigenvalue weighted by molar-refractivity contribution is 6.30. The SMILES string of the molecule is C=CCC1(c2ccccc2)CN(CC(=O)Nc2ccc(C(F)(F)F)cc2)N=C1c1ccc(Cl)cc1. The average molecular weight is 498 g/mol. The third-order valence-electron chi connectivity index (χ3n) is 5.91. The zero-order valence-electron chi connectivity index (χ0n) is 18.7. The minimum atomic E-state index is -4.43. The van der Waals surface area contributed by atoms with E-state index >= 15 is 0 Å². The molecule has 4 nitrogen and oxygen atoms in total. The van der Waals surface area contributed by atoms with Crippen molar-refractivity contribution >= 4 is 28.9 Å². The zero-order valence-corrected chi connectivity index (χ0v) is 19.5. The molecule has 1 N–H and O–H groups in total. The van der Waals surface area contributed by atoms with Crippen molar-refractivity contribution in [2.75, 3.05) is 18.4 Å². The topological polar surface area (TPSA) is 44.7 Å². The van der Waals surface area contributed by atoms with E-state index in [0.29, 0.717) is 18.0 Å².